The lowest BCUT2D eigenvalue weighted by molar-refractivity contribution is 0.191. The SMILES string of the molecule is C#CCCC(O)CSc1ccc(C)cc1. The van der Waals surface area contributed by atoms with Gasteiger partial charge in [-0.15, -0.1) is 24.1 Å². The highest BCUT2D eigenvalue weighted by Gasteiger charge is 2.03. The smallest absolute Gasteiger partial charge is 0.0643 e. The summed E-state index contributed by atoms with van der Waals surface area (Å²) in [6.07, 6.45) is 6.17. The molecular weight excluding hydrogens is 204 g/mol. The average molecular weight is 220 g/mol. The molecule has 0 aliphatic rings. The van der Waals surface area contributed by atoms with Crippen LogP contribution in [0.15, 0.2) is 29.2 Å². The van der Waals surface area contributed by atoms with E-state index in [2.05, 4.69) is 37.1 Å². The summed E-state index contributed by atoms with van der Waals surface area (Å²) in [6.45, 7) is 2.07. The molecule has 15 heavy (non-hydrogen) atoms. The zero-order chi connectivity index (χ0) is 11.1. The van der Waals surface area contributed by atoms with Gasteiger partial charge in [-0.25, -0.2) is 0 Å². The van der Waals surface area contributed by atoms with Crippen molar-refractivity contribution in [3.8, 4) is 12.3 Å². The van der Waals surface area contributed by atoms with Gasteiger partial charge >= 0.3 is 0 Å². The van der Waals surface area contributed by atoms with Gasteiger partial charge in [0.15, 0.2) is 0 Å². The van der Waals surface area contributed by atoms with Crippen molar-refractivity contribution in [2.75, 3.05) is 5.75 Å². The first kappa shape index (κ1) is 12.2. The third-order valence-electron chi connectivity index (χ3n) is 2.09. The fraction of sp³-hybridized carbons (Fsp3) is 0.385. The molecule has 0 spiro atoms. The molecule has 0 aliphatic heterocycles. The lowest BCUT2D eigenvalue weighted by atomic mass is 10.2. The van der Waals surface area contributed by atoms with Gasteiger partial charge in [0.1, 0.15) is 0 Å². The van der Waals surface area contributed by atoms with Crippen LogP contribution in [0.25, 0.3) is 0 Å². The van der Waals surface area contributed by atoms with Crippen LogP contribution in [0.4, 0.5) is 0 Å². The van der Waals surface area contributed by atoms with Crippen LogP contribution >= 0.6 is 11.8 Å². The van der Waals surface area contributed by atoms with E-state index in [1.807, 2.05) is 0 Å². The molecule has 0 amide bonds. The maximum absolute atomic E-state index is 9.58. The Bertz CT molecular complexity index is 323. The Labute approximate surface area is 95.9 Å². The summed E-state index contributed by atoms with van der Waals surface area (Å²) in [5.74, 6) is 3.25. The zero-order valence-electron chi connectivity index (χ0n) is 8.94. The molecule has 1 aromatic rings. The van der Waals surface area contributed by atoms with Gasteiger partial charge in [-0.1, -0.05) is 17.7 Å². The third-order valence-corrected chi connectivity index (χ3v) is 3.24. The maximum atomic E-state index is 9.58. The number of benzene rings is 1. The molecule has 1 N–H and O–H groups in total. The molecule has 0 fully saturated rings. The van der Waals surface area contributed by atoms with Gasteiger partial charge in [0.2, 0.25) is 0 Å². The molecule has 1 atom stereocenters. The Kier molecular flexibility index (Phi) is 5.31. The molecule has 1 rings (SSSR count). The van der Waals surface area contributed by atoms with Crippen molar-refractivity contribution < 1.29 is 5.11 Å². The van der Waals surface area contributed by atoms with Gasteiger partial charge in [-0.05, 0) is 25.5 Å². The molecule has 0 aliphatic carbocycles. The number of terminal acetylenes is 1. The van der Waals surface area contributed by atoms with Crippen molar-refractivity contribution in [2.24, 2.45) is 0 Å². The van der Waals surface area contributed by atoms with Gasteiger partial charge in [-0.3, -0.25) is 0 Å². The van der Waals surface area contributed by atoms with Crippen LogP contribution in [0.1, 0.15) is 18.4 Å². The monoisotopic (exact) mass is 220 g/mol. The molecule has 1 aromatic carbocycles. The van der Waals surface area contributed by atoms with E-state index in [4.69, 9.17) is 6.42 Å². The summed E-state index contributed by atoms with van der Waals surface area (Å²) in [4.78, 5) is 1.19. The molecule has 0 saturated heterocycles. The topological polar surface area (TPSA) is 20.2 Å². The van der Waals surface area contributed by atoms with Crippen LogP contribution in [-0.4, -0.2) is 17.0 Å². The standard InChI is InChI=1S/C13H16OS/c1-3-4-5-12(14)10-15-13-8-6-11(2)7-9-13/h1,6-9,12,14H,4-5,10H2,2H3. The summed E-state index contributed by atoms with van der Waals surface area (Å²) >= 11 is 1.67. The van der Waals surface area contributed by atoms with Crippen molar-refractivity contribution >= 4 is 11.8 Å². The van der Waals surface area contributed by atoms with E-state index in [1.165, 1.54) is 10.5 Å². The molecule has 0 saturated carbocycles. The summed E-state index contributed by atoms with van der Waals surface area (Å²) in [5.41, 5.74) is 1.26. The predicted molar refractivity (Wildman–Crippen MR) is 66.0 cm³/mol. The number of thioether (sulfide) groups is 1. The predicted octanol–water partition coefficient (Wildman–Crippen LogP) is 2.86. The molecule has 0 heterocycles. The lowest BCUT2D eigenvalue weighted by Crippen LogP contribution is -2.08. The highest BCUT2D eigenvalue weighted by Crippen LogP contribution is 2.20. The van der Waals surface area contributed by atoms with E-state index in [9.17, 15) is 5.11 Å². The van der Waals surface area contributed by atoms with E-state index in [0.717, 1.165) is 0 Å². The fourth-order valence-electron chi connectivity index (χ4n) is 1.16. The summed E-state index contributed by atoms with van der Waals surface area (Å²) < 4.78 is 0. The van der Waals surface area contributed by atoms with E-state index in [1.54, 1.807) is 11.8 Å². The second kappa shape index (κ2) is 6.55. The second-order valence-electron chi connectivity index (χ2n) is 3.52. The molecule has 0 radical (unpaired) electrons. The highest BCUT2D eigenvalue weighted by atomic mass is 32.2. The average Bonchev–Trinajstić information content (AvgIpc) is 2.25. The van der Waals surface area contributed by atoms with Crippen molar-refractivity contribution in [1.82, 2.24) is 0 Å². The van der Waals surface area contributed by atoms with Gasteiger partial charge in [0.25, 0.3) is 0 Å². The van der Waals surface area contributed by atoms with E-state index in [-0.39, 0.29) is 6.10 Å². The first-order valence-electron chi connectivity index (χ1n) is 5.03. The summed E-state index contributed by atoms with van der Waals surface area (Å²) in [7, 11) is 0. The Morgan fingerprint density at radius 1 is 1.40 bits per heavy atom. The molecular formula is C13H16OS. The fourth-order valence-corrected chi connectivity index (χ4v) is 2.04. The molecule has 0 bridgehead atoms. The Hall–Kier alpha value is -0.910. The number of aliphatic hydroxyl groups excluding tert-OH is 1. The Balaban J connectivity index is 2.31. The van der Waals surface area contributed by atoms with Gasteiger partial charge in [0.05, 0.1) is 6.10 Å². The Morgan fingerprint density at radius 3 is 2.67 bits per heavy atom. The zero-order valence-corrected chi connectivity index (χ0v) is 9.76. The van der Waals surface area contributed by atoms with Gasteiger partial charge < -0.3 is 5.11 Å². The van der Waals surface area contributed by atoms with Crippen molar-refractivity contribution in [1.29, 1.82) is 0 Å². The van der Waals surface area contributed by atoms with Crippen LogP contribution in [0, 0.1) is 19.3 Å². The van der Waals surface area contributed by atoms with Crippen molar-refractivity contribution in [2.45, 2.75) is 30.8 Å². The van der Waals surface area contributed by atoms with Gasteiger partial charge in [-0.2, -0.15) is 0 Å². The lowest BCUT2D eigenvalue weighted by Gasteiger charge is -2.08. The number of hydrogen-bond acceptors (Lipinski definition) is 2. The normalized spacial score (nSPS) is 12.1. The van der Waals surface area contributed by atoms with Crippen LogP contribution in [-0.2, 0) is 0 Å². The summed E-state index contributed by atoms with van der Waals surface area (Å²) in [6, 6.07) is 8.31. The molecule has 1 nitrogen and oxygen atoms in total. The minimum absolute atomic E-state index is 0.299. The highest BCUT2D eigenvalue weighted by molar-refractivity contribution is 7.99. The largest absolute Gasteiger partial charge is 0.392 e. The number of aryl methyl sites for hydroxylation is 1. The molecule has 2 heteroatoms. The van der Waals surface area contributed by atoms with E-state index < -0.39 is 0 Å². The van der Waals surface area contributed by atoms with Crippen LogP contribution in [0.3, 0.4) is 0 Å². The van der Waals surface area contributed by atoms with Crippen molar-refractivity contribution in [3.63, 3.8) is 0 Å². The van der Waals surface area contributed by atoms with E-state index in [0.29, 0.717) is 18.6 Å². The molecule has 1 unspecified atom stereocenters. The third kappa shape index (κ3) is 4.92. The van der Waals surface area contributed by atoms with Crippen LogP contribution in [0.2, 0.25) is 0 Å². The van der Waals surface area contributed by atoms with Crippen LogP contribution < -0.4 is 0 Å². The quantitative estimate of drug-likeness (QED) is 0.608. The molecule has 0 aromatic heterocycles. The number of rotatable bonds is 5. The minimum Gasteiger partial charge on any atom is -0.392 e. The van der Waals surface area contributed by atoms with Gasteiger partial charge in [0, 0.05) is 17.1 Å². The number of hydrogen-bond donors (Lipinski definition) is 1. The van der Waals surface area contributed by atoms with E-state index >= 15 is 0 Å². The maximum Gasteiger partial charge on any atom is 0.0643 e. The number of aliphatic hydroxyl groups is 1. The van der Waals surface area contributed by atoms with Crippen molar-refractivity contribution in [3.05, 3.63) is 29.8 Å². The first-order valence-corrected chi connectivity index (χ1v) is 6.02. The summed E-state index contributed by atoms with van der Waals surface area (Å²) in [5, 5.41) is 9.58. The first-order chi connectivity index (χ1) is 7.22. The Morgan fingerprint density at radius 2 is 2.07 bits per heavy atom. The minimum atomic E-state index is -0.299. The second-order valence-corrected chi connectivity index (χ2v) is 4.61. The molecule has 80 valence electrons. The van der Waals surface area contributed by atoms with Crippen LogP contribution in [0.5, 0.6) is 0 Å².